The van der Waals surface area contributed by atoms with Crippen molar-refractivity contribution in [2.24, 2.45) is 0 Å². The van der Waals surface area contributed by atoms with Gasteiger partial charge in [0.2, 0.25) is 0 Å². The van der Waals surface area contributed by atoms with Gasteiger partial charge in [0, 0.05) is 36.5 Å². The molecule has 2 aromatic carbocycles. The van der Waals surface area contributed by atoms with Gasteiger partial charge in [0.15, 0.2) is 0 Å². The van der Waals surface area contributed by atoms with Gasteiger partial charge < -0.3 is 4.57 Å². The zero-order valence-corrected chi connectivity index (χ0v) is 14.7. The molecule has 2 heterocycles. The minimum atomic E-state index is -0.197. The second-order valence-corrected chi connectivity index (χ2v) is 6.91. The van der Waals surface area contributed by atoms with Gasteiger partial charge >= 0.3 is 0 Å². The first kappa shape index (κ1) is 16.4. The van der Waals surface area contributed by atoms with Crippen LogP contribution in [-0.2, 0) is 13.1 Å². The van der Waals surface area contributed by atoms with Crippen molar-refractivity contribution >= 4 is 11.6 Å². The molecule has 0 aliphatic carbocycles. The van der Waals surface area contributed by atoms with E-state index < -0.39 is 0 Å². The maximum absolute atomic E-state index is 13.9. The van der Waals surface area contributed by atoms with Gasteiger partial charge in [-0.05, 0) is 47.9 Å². The Bertz CT molecular complexity index is 874. The Balaban J connectivity index is 1.77. The number of aromatic nitrogens is 1. The average molecular weight is 355 g/mol. The molecule has 0 saturated carbocycles. The summed E-state index contributed by atoms with van der Waals surface area (Å²) in [5.74, 6) is -0.197. The molecule has 1 unspecified atom stereocenters. The van der Waals surface area contributed by atoms with Crippen LogP contribution in [0.4, 0.5) is 4.39 Å². The Morgan fingerprint density at radius 1 is 1.00 bits per heavy atom. The Kier molecular flexibility index (Phi) is 4.60. The Hall–Kier alpha value is -2.10. The molecule has 1 aromatic heterocycles. The average Bonchev–Trinajstić information content (AvgIpc) is 2.98. The number of benzene rings is 2. The lowest BCUT2D eigenvalue weighted by Gasteiger charge is -2.31. The van der Waals surface area contributed by atoms with Crippen molar-refractivity contribution in [2.45, 2.75) is 25.6 Å². The number of hydrogen-bond donors (Lipinski definition) is 0. The van der Waals surface area contributed by atoms with Crippen LogP contribution in [-0.4, -0.2) is 16.0 Å². The highest BCUT2D eigenvalue weighted by molar-refractivity contribution is 6.31. The molecule has 1 atom stereocenters. The summed E-state index contributed by atoms with van der Waals surface area (Å²) < 4.78 is 16.2. The van der Waals surface area contributed by atoms with Crippen molar-refractivity contribution in [3.63, 3.8) is 0 Å². The normalized spacial score (nSPS) is 17.9. The SMILES string of the molecule is Fc1cccc(C2c3cccn3CCCN2Cc2ccccc2Cl)c1. The van der Waals surface area contributed by atoms with Crippen molar-refractivity contribution in [3.05, 3.63) is 94.5 Å². The summed E-state index contributed by atoms with van der Waals surface area (Å²) in [4.78, 5) is 2.40. The van der Waals surface area contributed by atoms with E-state index in [0.717, 1.165) is 42.2 Å². The van der Waals surface area contributed by atoms with E-state index in [1.165, 1.54) is 11.8 Å². The van der Waals surface area contributed by atoms with Crippen LogP contribution in [0.1, 0.15) is 29.3 Å². The van der Waals surface area contributed by atoms with Crippen LogP contribution in [0.25, 0.3) is 0 Å². The van der Waals surface area contributed by atoms with Gasteiger partial charge in [-0.15, -0.1) is 0 Å². The van der Waals surface area contributed by atoms with Gasteiger partial charge in [0.05, 0.1) is 6.04 Å². The lowest BCUT2D eigenvalue weighted by Crippen LogP contribution is -2.29. The molecule has 1 aliphatic heterocycles. The first-order chi connectivity index (χ1) is 12.2. The van der Waals surface area contributed by atoms with E-state index in [-0.39, 0.29) is 11.9 Å². The fourth-order valence-electron chi connectivity index (χ4n) is 3.71. The highest BCUT2D eigenvalue weighted by Gasteiger charge is 2.28. The first-order valence-corrected chi connectivity index (χ1v) is 8.98. The van der Waals surface area contributed by atoms with Crippen LogP contribution in [0.2, 0.25) is 5.02 Å². The molecule has 1 aliphatic rings. The highest BCUT2D eigenvalue weighted by atomic mass is 35.5. The molecular weight excluding hydrogens is 335 g/mol. The molecule has 0 bridgehead atoms. The highest BCUT2D eigenvalue weighted by Crippen LogP contribution is 2.34. The molecule has 0 amide bonds. The smallest absolute Gasteiger partial charge is 0.123 e. The third-order valence-corrected chi connectivity index (χ3v) is 5.22. The minimum absolute atomic E-state index is 0.0180. The van der Waals surface area contributed by atoms with Crippen LogP contribution < -0.4 is 0 Å². The quantitative estimate of drug-likeness (QED) is 0.621. The van der Waals surface area contributed by atoms with Crippen molar-refractivity contribution in [1.29, 1.82) is 0 Å². The van der Waals surface area contributed by atoms with Crippen molar-refractivity contribution < 1.29 is 4.39 Å². The van der Waals surface area contributed by atoms with E-state index in [1.807, 2.05) is 24.3 Å². The number of hydrogen-bond acceptors (Lipinski definition) is 1. The van der Waals surface area contributed by atoms with Crippen molar-refractivity contribution in [1.82, 2.24) is 9.47 Å². The zero-order valence-electron chi connectivity index (χ0n) is 13.9. The predicted molar refractivity (Wildman–Crippen MR) is 99.2 cm³/mol. The van der Waals surface area contributed by atoms with Gasteiger partial charge in [-0.3, -0.25) is 4.90 Å². The first-order valence-electron chi connectivity index (χ1n) is 8.60. The second kappa shape index (κ2) is 7.03. The van der Waals surface area contributed by atoms with Gasteiger partial charge in [0.25, 0.3) is 0 Å². The summed E-state index contributed by atoms with van der Waals surface area (Å²) in [5, 5.41) is 0.778. The van der Waals surface area contributed by atoms with Gasteiger partial charge in [-0.25, -0.2) is 4.39 Å². The predicted octanol–water partition coefficient (Wildman–Crippen LogP) is 5.28. The van der Waals surface area contributed by atoms with Gasteiger partial charge in [-0.2, -0.15) is 0 Å². The van der Waals surface area contributed by atoms with E-state index in [1.54, 1.807) is 12.1 Å². The topological polar surface area (TPSA) is 8.17 Å². The standard InChI is InChI=1S/C21H20ClFN2/c22-19-9-2-1-6-17(19)15-25-13-5-12-24-11-4-10-20(24)21(25)16-7-3-8-18(23)14-16/h1-4,6-11,14,21H,5,12-13,15H2. The molecule has 4 rings (SSSR count). The van der Waals surface area contributed by atoms with E-state index in [2.05, 4.69) is 33.9 Å². The lowest BCUT2D eigenvalue weighted by atomic mass is 10.0. The number of halogens is 2. The second-order valence-electron chi connectivity index (χ2n) is 6.50. The Morgan fingerprint density at radius 2 is 1.88 bits per heavy atom. The molecule has 128 valence electrons. The van der Waals surface area contributed by atoms with Crippen LogP contribution in [0, 0.1) is 5.82 Å². The molecule has 0 saturated heterocycles. The number of rotatable bonds is 3. The van der Waals surface area contributed by atoms with Crippen molar-refractivity contribution in [3.8, 4) is 0 Å². The van der Waals surface area contributed by atoms with E-state index in [9.17, 15) is 4.39 Å². The van der Waals surface area contributed by atoms with Crippen LogP contribution in [0.15, 0.2) is 66.9 Å². The largest absolute Gasteiger partial charge is 0.350 e. The zero-order chi connectivity index (χ0) is 17.2. The summed E-state index contributed by atoms with van der Waals surface area (Å²) in [6.07, 6.45) is 3.17. The molecule has 2 nitrogen and oxygen atoms in total. The number of fused-ring (bicyclic) bond motifs is 1. The van der Waals surface area contributed by atoms with Gasteiger partial charge in [0.1, 0.15) is 5.82 Å². The summed E-state index contributed by atoms with van der Waals surface area (Å²) in [6, 6.07) is 19.1. The maximum atomic E-state index is 13.9. The van der Waals surface area contributed by atoms with Crippen LogP contribution in [0.3, 0.4) is 0 Å². The Morgan fingerprint density at radius 3 is 2.72 bits per heavy atom. The molecular formula is C21H20ClFN2. The van der Waals surface area contributed by atoms with Crippen LogP contribution in [0.5, 0.6) is 0 Å². The summed E-state index contributed by atoms with van der Waals surface area (Å²) in [5.41, 5.74) is 3.29. The number of aryl methyl sites for hydroxylation is 1. The monoisotopic (exact) mass is 354 g/mol. The fourth-order valence-corrected chi connectivity index (χ4v) is 3.91. The summed E-state index contributed by atoms with van der Waals surface area (Å²) in [7, 11) is 0. The van der Waals surface area contributed by atoms with Gasteiger partial charge in [-0.1, -0.05) is 41.9 Å². The molecule has 0 N–H and O–H groups in total. The fraction of sp³-hybridized carbons (Fsp3) is 0.238. The number of nitrogens with zero attached hydrogens (tertiary/aromatic N) is 2. The molecule has 3 aromatic rings. The van der Waals surface area contributed by atoms with E-state index in [0.29, 0.717) is 0 Å². The van der Waals surface area contributed by atoms with Crippen molar-refractivity contribution in [2.75, 3.05) is 6.54 Å². The summed E-state index contributed by atoms with van der Waals surface area (Å²) in [6.45, 7) is 2.66. The minimum Gasteiger partial charge on any atom is -0.350 e. The summed E-state index contributed by atoms with van der Waals surface area (Å²) >= 11 is 6.39. The third-order valence-electron chi connectivity index (χ3n) is 4.85. The Labute approximate surface area is 152 Å². The molecule has 0 spiro atoms. The van der Waals surface area contributed by atoms with E-state index >= 15 is 0 Å². The molecule has 25 heavy (non-hydrogen) atoms. The van der Waals surface area contributed by atoms with E-state index in [4.69, 9.17) is 11.6 Å². The lowest BCUT2D eigenvalue weighted by molar-refractivity contribution is 0.220. The third kappa shape index (κ3) is 3.35. The van der Waals surface area contributed by atoms with Crippen LogP contribution >= 0.6 is 11.6 Å². The molecule has 0 fully saturated rings. The maximum Gasteiger partial charge on any atom is 0.123 e. The molecule has 4 heteroatoms. The molecule has 0 radical (unpaired) electrons.